The molecule has 1 aromatic heterocycles. The summed E-state index contributed by atoms with van der Waals surface area (Å²) < 4.78 is 75.9. The number of aliphatic hydroxyl groups is 1. The molecule has 11 nitrogen and oxygen atoms in total. The average Bonchev–Trinajstić information content (AvgIpc) is 3.39. The Hall–Kier alpha value is -2.75. The number of hydrogen-bond donors (Lipinski definition) is 1. The van der Waals surface area contributed by atoms with Gasteiger partial charge in [-0.05, 0) is 43.2 Å². The third-order valence-electron chi connectivity index (χ3n) is 7.36. The predicted molar refractivity (Wildman–Crippen MR) is 138 cm³/mol. The summed E-state index contributed by atoms with van der Waals surface area (Å²) in [7, 11) is -6.71. The maximum atomic E-state index is 14.0. The van der Waals surface area contributed by atoms with Crippen LogP contribution in [0.5, 0.6) is 0 Å². The lowest BCUT2D eigenvalue weighted by Gasteiger charge is -2.43. The SMILES string of the molecule is COC[C@H]1CN(Cc2cnnn2S(=O)(=O)c2ccccc2)C(O)[C@@H]2CCC[C@H]1N2S(=O)(=O)c1cccc(F)c1. The van der Waals surface area contributed by atoms with E-state index in [0.29, 0.717) is 19.3 Å². The molecule has 0 radical (unpaired) electrons. The largest absolute Gasteiger partial charge is 0.384 e. The topological polar surface area (TPSA) is 135 Å². The Morgan fingerprint density at radius 2 is 1.72 bits per heavy atom. The van der Waals surface area contributed by atoms with E-state index in [1.807, 2.05) is 0 Å². The molecule has 4 atom stereocenters. The maximum absolute atomic E-state index is 14.0. The summed E-state index contributed by atoms with van der Waals surface area (Å²) in [4.78, 5) is 1.49. The summed E-state index contributed by atoms with van der Waals surface area (Å²) in [5.41, 5.74) is 0.213. The number of ether oxygens (including phenoxy) is 1. The standard InChI is InChI=1S/C25H30FN5O6S2/c1-37-17-18-15-29(16-20-14-27-28-31(20)39(35,36)21-8-3-2-4-9-21)25(32)24-12-6-11-23(18)30(24)38(33,34)22-10-5-7-19(26)13-22/h2-5,7-10,13-14,18,23-25,32H,6,11-12,15-17H2,1H3/t18-,23-,24+,25?/m1/s1. The van der Waals surface area contributed by atoms with Crippen LogP contribution in [0.25, 0.3) is 0 Å². The Balaban J connectivity index is 1.52. The average molecular weight is 580 g/mol. The van der Waals surface area contributed by atoms with Crippen molar-refractivity contribution in [2.75, 3.05) is 20.3 Å². The number of aliphatic hydroxyl groups excluding tert-OH is 1. The van der Waals surface area contributed by atoms with Gasteiger partial charge in [0.25, 0.3) is 10.0 Å². The van der Waals surface area contributed by atoms with Crippen LogP contribution in [0.4, 0.5) is 4.39 Å². The van der Waals surface area contributed by atoms with E-state index in [2.05, 4.69) is 10.3 Å². The maximum Gasteiger partial charge on any atom is 0.284 e. The second kappa shape index (κ2) is 11.0. The van der Waals surface area contributed by atoms with Crippen LogP contribution < -0.4 is 0 Å². The molecule has 1 N–H and O–H groups in total. The van der Waals surface area contributed by atoms with Crippen molar-refractivity contribution in [2.24, 2.45) is 5.92 Å². The number of rotatable bonds is 8. The number of benzene rings is 2. The van der Waals surface area contributed by atoms with Gasteiger partial charge in [0.1, 0.15) is 12.0 Å². The highest BCUT2D eigenvalue weighted by Gasteiger charge is 2.50. The third-order valence-corrected chi connectivity index (χ3v) is 10.9. The molecule has 2 aliphatic rings. The van der Waals surface area contributed by atoms with Crippen LogP contribution in [-0.2, 0) is 31.3 Å². The van der Waals surface area contributed by atoms with Crippen molar-refractivity contribution < 1.29 is 31.1 Å². The van der Waals surface area contributed by atoms with Gasteiger partial charge in [-0.2, -0.15) is 12.7 Å². The molecule has 2 aliphatic heterocycles. The van der Waals surface area contributed by atoms with E-state index in [9.17, 15) is 26.3 Å². The fourth-order valence-corrected chi connectivity index (χ4v) is 8.84. The van der Waals surface area contributed by atoms with Gasteiger partial charge in [-0.1, -0.05) is 35.9 Å². The minimum absolute atomic E-state index is 0.0358. The summed E-state index contributed by atoms with van der Waals surface area (Å²) in [6, 6.07) is 11.3. The van der Waals surface area contributed by atoms with Gasteiger partial charge in [-0.25, -0.2) is 12.8 Å². The highest BCUT2D eigenvalue weighted by molar-refractivity contribution is 7.90. The minimum atomic E-state index is -4.18. The highest BCUT2D eigenvalue weighted by atomic mass is 32.2. The lowest BCUT2D eigenvalue weighted by atomic mass is 9.91. The molecule has 2 saturated heterocycles. The zero-order chi connectivity index (χ0) is 27.8. The van der Waals surface area contributed by atoms with Crippen LogP contribution in [0, 0.1) is 11.7 Å². The van der Waals surface area contributed by atoms with Gasteiger partial charge in [0.15, 0.2) is 0 Å². The normalized spacial score (nSPS) is 24.9. The molecule has 2 aromatic carbocycles. The van der Waals surface area contributed by atoms with E-state index >= 15 is 0 Å². The summed E-state index contributed by atoms with van der Waals surface area (Å²) in [5, 5.41) is 19.2. The van der Waals surface area contributed by atoms with Gasteiger partial charge >= 0.3 is 0 Å². The number of piperidine rings is 1. The number of methoxy groups -OCH3 is 1. The fourth-order valence-electron chi connectivity index (χ4n) is 5.63. The first-order chi connectivity index (χ1) is 18.6. The molecule has 3 aromatic rings. The van der Waals surface area contributed by atoms with E-state index in [1.165, 1.54) is 47.9 Å². The quantitative estimate of drug-likeness (QED) is 0.423. The smallest absolute Gasteiger partial charge is 0.284 e. The molecule has 2 bridgehead atoms. The van der Waals surface area contributed by atoms with Crippen molar-refractivity contribution in [1.29, 1.82) is 0 Å². The molecule has 0 amide bonds. The fraction of sp³-hybridized carbons (Fsp3) is 0.440. The lowest BCUT2D eigenvalue weighted by Crippen LogP contribution is -2.56. The first kappa shape index (κ1) is 27.8. The van der Waals surface area contributed by atoms with E-state index in [-0.39, 0.29) is 41.1 Å². The van der Waals surface area contributed by atoms with Crippen LogP contribution in [0.2, 0.25) is 0 Å². The lowest BCUT2D eigenvalue weighted by molar-refractivity contribution is -0.0451. The Kier molecular flexibility index (Phi) is 7.86. The summed E-state index contributed by atoms with van der Waals surface area (Å²) in [6.07, 6.45) is 1.64. The number of halogens is 1. The van der Waals surface area contributed by atoms with Crippen LogP contribution in [0.15, 0.2) is 70.6 Å². The van der Waals surface area contributed by atoms with E-state index < -0.39 is 44.2 Å². The molecule has 0 spiro atoms. The van der Waals surface area contributed by atoms with Gasteiger partial charge in [0, 0.05) is 32.2 Å². The van der Waals surface area contributed by atoms with Crippen molar-refractivity contribution in [3.05, 3.63) is 72.3 Å². The first-order valence-corrected chi connectivity index (χ1v) is 15.4. The third kappa shape index (κ3) is 5.24. The molecular formula is C25H30FN5O6S2. The summed E-state index contributed by atoms with van der Waals surface area (Å²) in [5.74, 6) is -1.03. The molecule has 14 heteroatoms. The Morgan fingerprint density at radius 3 is 2.44 bits per heavy atom. The molecule has 0 aliphatic carbocycles. The van der Waals surface area contributed by atoms with Gasteiger partial charge in [0.05, 0.1) is 34.3 Å². The molecular weight excluding hydrogens is 549 g/mol. The van der Waals surface area contributed by atoms with Crippen LogP contribution in [-0.4, -0.2) is 84.1 Å². The van der Waals surface area contributed by atoms with Crippen LogP contribution in [0.3, 0.4) is 0 Å². The monoisotopic (exact) mass is 579 g/mol. The van der Waals surface area contributed by atoms with Gasteiger partial charge in [-0.15, -0.1) is 9.19 Å². The molecule has 0 saturated carbocycles. The van der Waals surface area contributed by atoms with Gasteiger partial charge < -0.3 is 9.84 Å². The highest BCUT2D eigenvalue weighted by Crippen LogP contribution is 2.39. The van der Waals surface area contributed by atoms with Gasteiger partial charge in [-0.3, -0.25) is 4.90 Å². The molecule has 1 unspecified atom stereocenters. The molecule has 5 rings (SSSR count). The second-order valence-corrected chi connectivity index (χ2v) is 13.4. The number of sulfonamides is 1. The molecule has 2 fully saturated rings. The van der Waals surface area contributed by atoms with E-state index in [0.717, 1.165) is 10.2 Å². The number of aromatic nitrogens is 3. The van der Waals surface area contributed by atoms with Crippen LogP contribution in [0.1, 0.15) is 25.0 Å². The number of fused-ring (bicyclic) bond motifs is 2. The zero-order valence-corrected chi connectivity index (χ0v) is 22.9. The number of hydrogen-bond acceptors (Lipinski definition) is 9. The molecule has 210 valence electrons. The second-order valence-electron chi connectivity index (χ2n) is 9.80. The summed E-state index contributed by atoms with van der Waals surface area (Å²) in [6.45, 7) is 0.370. The summed E-state index contributed by atoms with van der Waals surface area (Å²) >= 11 is 0. The Labute approximate surface area is 226 Å². The van der Waals surface area contributed by atoms with E-state index in [1.54, 1.807) is 23.1 Å². The Morgan fingerprint density at radius 1 is 1.00 bits per heavy atom. The zero-order valence-electron chi connectivity index (χ0n) is 21.2. The van der Waals surface area contributed by atoms with Crippen molar-refractivity contribution in [2.45, 2.75) is 53.9 Å². The van der Waals surface area contributed by atoms with Crippen molar-refractivity contribution in [3.63, 3.8) is 0 Å². The predicted octanol–water partition coefficient (Wildman–Crippen LogP) is 1.66. The van der Waals surface area contributed by atoms with Crippen LogP contribution >= 0.6 is 0 Å². The molecule has 39 heavy (non-hydrogen) atoms. The van der Waals surface area contributed by atoms with Crippen molar-refractivity contribution >= 4 is 20.0 Å². The van der Waals surface area contributed by atoms with Crippen molar-refractivity contribution in [1.82, 2.24) is 23.6 Å². The van der Waals surface area contributed by atoms with Crippen molar-refractivity contribution in [3.8, 4) is 0 Å². The minimum Gasteiger partial charge on any atom is -0.384 e. The van der Waals surface area contributed by atoms with Gasteiger partial charge in [0.2, 0.25) is 10.0 Å². The first-order valence-electron chi connectivity index (χ1n) is 12.5. The number of nitrogens with zero attached hydrogens (tertiary/aromatic N) is 5. The van der Waals surface area contributed by atoms with E-state index in [4.69, 9.17) is 4.74 Å². The molecule has 3 heterocycles. The Bertz CT molecular complexity index is 1520.